The Hall–Kier alpha value is -1.32. The van der Waals surface area contributed by atoms with E-state index in [0.29, 0.717) is 0 Å². The Labute approximate surface area is 107 Å². The molecule has 1 aliphatic carbocycles. The van der Waals surface area contributed by atoms with Gasteiger partial charge in [-0.25, -0.2) is 0 Å². The summed E-state index contributed by atoms with van der Waals surface area (Å²) in [6, 6.07) is 10.2. The molecule has 1 N–H and O–H groups in total. The van der Waals surface area contributed by atoms with Crippen LogP contribution in [0.25, 0.3) is 11.0 Å². The number of para-hydroxylation sites is 1. The normalized spacial score (nSPS) is 17.8. The maximum Gasteiger partial charge on any atom is 0.134 e. The van der Waals surface area contributed by atoms with Gasteiger partial charge in [-0.15, -0.1) is 0 Å². The fourth-order valence-electron chi connectivity index (χ4n) is 2.56. The number of hydrogen-bond donors (Lipinski definition) is 1. The van der Waals surface area contributed by atoms with Crippen molar-refractivity contribution in [1.29, 1.82) is 0 Å². The third-order valence-corrected chi connectivity index (χ3v) is 3.92. The summed E-state index contributed by atoms with van der Waals surface area (Å²) < 4.78 is 11.3. The van der Waals surface area contributed by atoms with Crippen molar-refractivity contribution in [3.63, 3.8) is 0 Å². The number of nitrogens with one attached hydrogen (secondary N) is 1. The van der Waals surface area contributed by atoms with Crippen molar-refractivity contribution in [3.05, 3.63) is 36.1 Å². The van der Waals surface area contributed by atoms with Gasteiger partial charge in [0.1, 0.15) is 11.3 Å². The van der Waals surface area contributed by atoms with Gasteiger partial charge in [0.2, 0.25) is 0 Å². The zero-order valence-electron chi connectivity index (χ0n) is 10.7. The lowest BCUT2D eigenvalue weighted by Crippen LogP contribution is -2.47. The van der Waals surface area contributed by atoms with Gasteiger partial charge in [0.25, 0.3) is 0 Å². The van der Waals surface area contributed by atoms with Crippen molar-refractivity contribution in [2.75, 3.05) is 13.7 Å². The van der Waals surface area contributed by atoms with Crippen molar-refractivity contribution in [1.82, 2.24) is 5.32 Å². The molecule has 1 fully saturated rings. The summed E-state index contributed by atoms with van der Waals surface area (Å²) in [7, 11) is 1.81. The molecular weight excluding hydrogens is 226 g/mol. The highest BCUT2D eigenvalue weighted by atomic mass is 16.5. The number of benzene rings is 1. The Kier molecular flexibility index (Phi) is 3.10. The van der Waals surface area contributed by atoms with Crippen LogP contribution in [0.1, 0.15) is 25.0 Å². The summed E-state index contributed by atoms with van der Waals surface area (Å²) in [5, 5.41) is 4.60. The number of hydrogen-bond acceptors (Lipinski definition) is 3. The van der Waals surface area contributed by atoms with Gasteiger partial charge in [-0.05, 0) is 31.4 Å². The van der Waals surface area contributed by atoms with E-state index in [2.05, 4.69) is 17.4 Å². The van der Waals surface area contributed by atoms with Crippen LogP contribution in [0.15, 0.2) is 34.7 Å². The molecule has 18 heavy (non-hydrogen) atoms. The van der Waals surface area contributed by atoms with Crippen LogP contribution >= 0.6 is 0 Å². The summed E-state index contributed by atoms with van der Waals surface area (Å²) in [4.78, 5) is 0. The molecule has 0 radical (unpaired) electrons. The molecule has 0 atom stereocenters. The van der Waals surface area contributed by atoms with Gasteiger partial charge in [-0.3, -0.25) is 0 Å². The first-order valence-electron chi connectivity index (χ1n) is 6.55. The van der Waals surface area contributed by atoms with Gasteiger partial charge in [-0.2, -0.15) is 0 Å². The molecule has 2 aromatic rings. The Bertz CT molecular complexity index is 490. The second-order valence-corrected chi connectivity index (χ2v) is 5.09. The molecule has 3 rings (SSSR count). The van der Waals surface area contributed by atoms with Crippen LogP contribution in [0, 0.1) is 0 Å². The zero-order chi connectivity index (χ0) is 12.4. The molecule has 1 heterocycles. The van der Waals surface area contributed by atoms with Crippen molar-refractivity contribution >= 4 is 11.0 Å². The number of furan rings is 1. The minimum Gasteiger partial charge on any atom is -0.460 e. The first kappa shape index (κ1) is 11.8. The summed E-state index contributed by atoms with van der Waals surface area (Å²) in [5.74, 6) is 0.988. The molecule has 1 saturated carbocycles. The highest BCUT2D eigenvalue weighted by Gasteiger charge is 2.36. The Morgan fingerprint density at radius 3 is 2.83 bits per heavy atom. The standard InChI is InChI=1S/C15H19NO2/c1-17-15(7-4-8-15)11-16-10-13-9-12-5-2-3-6-14(12)18-13/h2-3,5-6,9,16H,4,7-8,10-11H2,1H3. The SMILES string of the molecule is COC1(CNCc2cc3ccccc3o2)CCC1. The van der Waals surface area contributed by atoms with Crippen LogP contribution in [0.3, 0.4) is 0 Å². The van der Waals surface area contributed by atoms with E-state index in [9.17, 15) is 0 Å². The van der Waals surface area contributed by atoms with Crippen molar-refractivity contribution in [3.8, 4) is 0 Å². The molecular formula is C15H19NO2. The average molecular weight is 245 g/mol. The summed E-state index contributed by atoms with van der Waals surface area (Å²) in [6.07, 6.45) is 3.60. The van der Waals surface area contributed by atoms with E-state index < -0.39 is 0 Å². The molecule has 96 valence electrons. The second kappa shape index (κ2) is 4.75. The quantitative estimate of drug-likeness (QED) is 0.879. The van der Waals surface area contributed by atoms with Gasteiger partial charge in [-0.1, -0.05) is 18.2 Å². The van der Waals surface area contributed by atoms with Crippen molar-refractivity contribution in [2.24, 2.45) is 0 Å². The maximum atomic E-state index is 5.76. The first-order chi connectivity index (χ1) is 8.81. The molecule has 0 spiro atoms. The van der Waals surface area contributed by atoms with Crippen LogP contribution in [-0.2, 0) is 11.3 Å². The first-order valence-corrected chi connectivity index (χ1v) is 6.55. The topological polar surface area (TPSA) is 34.4 Å². The number of methoxy groups -OCH3 is 1. The molecule has 1 aliphatic rings. The fraction of sp³-hybridized carbons (Fsp3) is 0.467. The van der Waals surface area contributed by atoms with Gasteiger partial charge < -0.3 is 14.5 Å². The van der Waals surface area contributed by atoms with E-state index in [4.69, 9.17) is 9.15 Å². The van der Waals surface area contributed by atoms with E-state index in [0.717, 1.165) is 37.3 Å². The monoisotopic (exact) mass is 245 g/mol. The van der Waals surface area contributed by atoms with Gasteiger partial charge in [0, 0.05) is 19.0 Å². The Morgan fingerprint density at radius 1 is 1.33 bits per heavy atom. The van der Waals surface area contributed by atoms with E-state index in [1.807, 2.05) is 25.3 Å². The van der Waals surface area contributed by atoms with E-state index in [-0.39, 0.29) is 5.60 Å². The second-order valence-electron chi connectivity index (χ2n) is 5.09. The third-order valence-electron chi connectivity index (χ3n) is 3.92. The fourth-order valence-corrected chi connectivity index (χ4v) is 2.56. The van der Waals surface area contributed by atoms with Crippen LogP contribution < -0.4 is 5.32 Å². The van der Waals surface area contributed by atoms with Crippen LogP contribution in [0.5, 0.6) is 0 Å². The highest BCUT2D eigenvalue weighted by Crippen LogP contribution is 2.34. The van der Waals surface area contributed by atoms with Gasteiger partial charge in [0.05, 0.1) is 12.1 Å². The molecule has 3 nitrogen and oxygen atoms in total. The number of ether oxygens (including phenoxy) is 1. The summed E-state index contributed by atoms with van der Waals surface area (Å²) >= 11 is 0. The Balaban J connectivity index is 1.59. The van der Waals surface area contributed by atoms with Crippen molar-refractivity contribution < 1.29 is 9.15 Å². The minimum atomic E-state index is 0.0754. The maximum absolute atomic E-state index is 5.76. The average Bonchev–Trinajstić information content (AvgIpc) is 2.75. The molecule has 0 bridgehead atoms. The zero-order valence-corrected chi connectivity index (χ0v) is 10.7. The van der Waals surface area contributed by atoms with Crippen LogP contribution in [-0.4, -0.2) is 19.3 Å². The minimum absolute atomic E-state index is 0.0754. The summed E-state index contributed by atoms with van der Waals surface area (Å²) in [6.45, 7) is 1.67. The molecule has 3 heteroatoms. The molecule has 1 aromatic carbocycles. The predicted molar refractivity (Wildman–Crippen MR) is 71.5 cm³/mol. The summed E-state index contributed by atoms with van der Waals surface area (Å²) in [5.41, 5.74) is 1.03. The molecule has 1 aromatic heterocycles. The Morgan fingerprint density at radius 2 is 2.17 bits per heavy atom. The van der Waals surface area contributed by atoms with Crippen LogP contribution in [0.2, 0.25) is 0 Å². The number of rotatable bonds is 5. The lowest BCUT2D eigenvalue weighted by atomic mass is 9.80. The van der Waals surface area contributed by atoms with E-state index in [1.165, 1.54) is 11.8 Å². The number of fused-ring (bicyclic) bond motifs is 1. The molecule has 0 aliphatic heterocycles. The molecule has 0 saturated heterocycles. The largest absolute Gasteiger partial charge is 0.460 e. The van der Waals surface area contributed by atoms with E-state index >= 15 is 0 Å². The lowest BCUT2D eigenvalue weighted by molar-refractivity contribution is -0.0697. The van der Waals surface area contributed by atoms with Gasteiger partial charge in [0.15, 0.2) is 0 Å². The highest BCUT2D eigenvalue weighted by molar-refractivity contribution is 5.77. The van der Waals surface area contributed by atoms with Crippen molar-refractivity contribution in [2.45, 2.75) is 31.4 Å². The lowest BCUT2D eigenvalue weighted by Gasteiger charge is -2.40. The molecule has 0 amide bonds. The third kappa shape index (κ3) is 2.16. The predicted octanol–water partition coefficient (Wildman–Crippen LogP) is 3.09. The smallest absolute Gasteiger partial charge is 0.134 e. The van der Waals surface area contributed by atoms with E-state index in [1.54, 1.807) is 0 Å². The van der Waals surface area contributed by atoms with Gasteiger partial charge >= 0.3 is 0 Å². The van der Waals surface area contributed by atoms with Crippen LogP contribution in [0.4, 0.5) is 0 Å². The molecule has 0 unspecified atom stereocenters.